The fraction of sp³-hybridized carbons (Fsp3) is 0.364. The molecular formula is C11H12N4O2. The molecule has 1 unspecified atom stereocenters. The van der Waals surface area contributed by atoms with Crippen LogP contribution >= 0.6 is 0 Å². The van der Waals surface area contributed by atoms with Gasteiger partial charge in [0.25, 0.3) is 0 Å². The molecule has 0 aliphatic carbocycles. The normalized spacial score (nSPS) is 19.2. The SMILES string of the molecule is [N-]=[N+]=NCC1CC(=O)N(c2ccccc2O)C1. The number of nitrogens with zero attached hydrogens (tertiary/aromatic N) is 4. The molecule has 0 radical (unpaired) electrons. The van der Waals surface area contributed by atoms with Gasteiger partial charge in [0.15, 0.2) is 0 Å². The van der Waals surface area contributed by atoms with Crippen LogP contribution < -0.4 is 4.90 Å². The van der Waals surface area contributed by atoms with Crippen molar-refractivity contribution < 1.29 is 9.90 Å². The highest BCUT2D eigenvalue weighted by molar-refractivity contribution is 5.97. The molecule has 1 fully saturated rings. The van der Waals surface area contributed by atoms with Crippen LogP contribution in [0.2, 0.25) is 0 Å². The van der Waals surface area contributed by atoms with Crippen molar-refractivity contribution in [2.45, 2.75) is 6.42 Å². The van der Waals surface area contributed by atoms with E-state index in [0.29, 0.717) is 25.2 Å². The average Bonchev–Trinajstić information content (AvgIpc) is 2.68. The van der Waals surface area contributed by atoms with E-state index in [2.05, 4.69) is 10.0 Å². The van der Waals surface area contributed by atoms with Crippen LogP contribution in [0, 0.1) is 5.92 Å². The van der Waals surface area contributed by atoms with Crippen molar-refractivity contribution in [2.75, 3.05) is 18.0 Å². The monoisotopic (exact) mass is 232 g/mol. The van der Waals surface area contributed by atoms with E-state index >= 15 is 0 Å². The highest BCUT2D eigenvalue weighted by Gasteiger charge is 2.31. The molecule has 1 aromatic rings. The molecule has 1 N–H and O–H groups in total. The lowest BCUT2D eigenvalue weighted by Gasteiger charge is -2.17. The molecule has 6 nitrogen and oxygen atoms in total. The second-order valence-electron chi connectivity index (χ2n) is 3.98. The molecule has 1 aliphatic heterocycles. The van der Waals surface area contributed by atoms with Crippen LogP contribution in [0.15, 0.2) is 29.4 Å². The Morgan fingerprint density at radius 2 is 2.29 bits per heavy atom. The molecule has 0 aromatic heterocycles. The highest BCUT2D eigenvalue weighted by atomic mass is 16.3. The molecular weight excluding hydrogens is 220 g/mol. The summed E-state index contributed by atoms with van der Waals surface area (Å²) in [7, 11) is 0. The van der Waals surface area contributed by atoms with Crippen molar-refractivity contribution in [1.82, 2.24) is 0 Å². The molecule has 17 heavy (non-hydrogen) atoms. The van der Waals surface area contributed by atoms with Gasteiger partial charge in [-0.15, -0.1) is 0 Å². The molecule has 1 heterocycles. The molecule has 0 spiro atoms. The first-order chi connectivity index (χ1) is 8.22. The van der Waals surface area contributed by atoms with Crippen LogP contribution in [0.3, 0.4) is 0 Å². The summed E-state index contributed by atoms with van der Waals surface area (Å²) in [5, 5.41) is 13.2. The van der Waals surface area contributed by atoms with Crippen LogP contribution in [-0.4, -0.2) is 24.1 Å². The lowest BCUT2D eigenvalue weighted by molar-refractivity contribution is -0.117. The van der Waals surface area contributed by atoms with Crippen LogP contribution in [0.25, 0.3) is 10.4 Å². The molecule has 1 aromatic carbocycles. The van der Waals surface area contributed by atoms with Gasteiger partial charge in [-0.2, -0.15) is 0 Å². The third-order valence-electron chi connectivity index (χ3n) is 2.78. The quantitative estimate of drug-likeness (QED) is 0.491. The topological polar surface area (TPSA) is 89.3 Å². The molecule has 0 bridgehead atoms. The third kappa shape index (κ3) is 2.32. The van der Waals surface area contributed by atoms with Crippen molar-refractivity contribution >= 4 is 11.6 Å². The Hall–Kier alpha value is -2.20. The number of aromatic hydroxyl groups is 1. The number of anilines is 1. The Labute approximate surface area is 98.1 Å². The van der Waals surface area contributed by atoms with E-state index in [4.69, 9.17) is 5.53 Å². The van der Waals surface area contributed by atoms with Crippen LogP contribution in [0.4, 0.5) is 5.69 Å². The summed E-state index contributed by atoms with van der Waals surface area (Å²) < 4.78 is 0. The number of benzene rings is 1. The van der Waals surface area contributed by atoms with Gasteiger partial charge in [0.1, 0.15) is 5.75 Å². The number of phenols is 1. The van der Waals surface area contributed by atoms with Gasteiger partial charge in [-0.25, -0.2) is 0 Å². The summed E-state index contributed by atoms with van der Waals surface area (Å²) in [5.74, 6) is 0.0629. The Morgan fingerprint density at radius 3 is 3.00 bits per heavy atom. The van der Waals surface area contributed by atoms with E-state index < -0.39 is 0 Å². The summed E-state index contributed by atoms with van der Waals surface area (Å²) in [6.45, 7) is 0.793. The number of rotatable bonds is 3. The average molecular weight is 232 g/mol. The minimum Gasteiger partial charge on any atom is -0.506 e. The van der Waals surface area contributed by atoms with Gasteiger partial charge in [-0.3, -0.25) is 4.79 Å². The van der Waals surface area contributed by atoms with E-state index in [9.17, 15) is 9.90 Å². The van der Waals surface area contributed by atoms with E-state index in [-0.39, 0.29) is 17.6 Å². The minimum absolute atomic E-state index is 0.0259. The van der Waals surface area contributed by atoms with Crippen LogP contribution in [0.5, 0.6) is 5.75 Å². The molecule has 88 valence electrons. The lowest BCUT2D eigenvalue weighted by atomic mass is 10.1. The smallest absolute Gasteiger partial charge is 0.227 e. The Kier molecular flexibility index (Phi) is 3.16. The Bertz CT molecular complexity index is 482. The summed E-state index contributed by atoms with van der Waals surface area (Å²) in [4.78, 5) is 16.0. The number of phenolic OH excluding ortho intramolecular Hbond substituents is 1. The summed E-state index contributed by atoms with van der Waals surface area (Å²) >= 11 is 0. The molecule has 6 heteroatoms. The number of carbonyl (C=O) groups excluding carboxylic acids is 1. The van der Waals surface area contributed by atoms with Gasteiger partial charge in [-0.05, 0) is 23.6 Å². The van der Waals surface area contributed by atoms with Gasteiger partial charge >= 0.3 is 0 Å². The zero-order valence-corrected chi connectivity index (χ0v) is 9.15. The second-order valence-corrected chi connectivity index (χ2v) is 3.98. The maximum absolute atomic E-state index is 11.8. The van der Waals surface area contributed by atoms with Crippen molar-refractivity contribution in [1.29, 1.82) is 0 Å². The van der Waals surface area contributed by atoms with Gasteiger partial charge in [0.2, 0.25) is 5.91 Å². The zero-order valence-electron chi connectivity index (χ0n) is 9.15. The van der Waals surface area contributed by atoms with Crippen molar-refractivity contribution in [2.24, 2.45) is 11.0 Å². The molecule has 0 saturated carbocycles. The summed E-state index contributed by atoms with van der Waals surface area (Å²) in [6, 6.07) is 6.71. The first kappa shape index (κ1) is 11.3. The van der Waals surface area contributed by atoms with Gasteiger partial charge in [-0.1, -0.05) is 17.2 Å². The fourth-order valence-corrected chi connectivity index (χ4v) is 1.98. The maximum atomic E-state index is 11.8. The predicted octanol–water partition coefficient (Wildman–Crippen LogP) is 2.06. The lowest BCUT2D eigenvalue weighted by Crippen LogP contribution is -2.24. The van der Waals surface area contributed by atoms with E-state index in [1.807, 2.05) is 0 Å². The highest BCUT2D eigenvalue weighted by Crippen LogP contribution is 2.31. The van der Waals surface area contributed by atoms with Crippen molar-refractivity contribution in [3.63, 3.8) is 0 Å². The van der Waals surface area contributed by atoms with Crippen molar-refractivity contribution in [3.8, 4) is 5.75 Å². The number of azide groups is 1. The van der Waals surface area contributed by atoms with Crippen LogP contribution in [0.1, 0.15) is 6.42 Å². The molecule has 1 aliphatic rings. The minimum atomic E-state index is -0.0513. The number of hydrogen-bond donors (Lipinski definition) is 1. The molecule has 1 amide bonds. The number of hydrogen-bond acceptors (Lipinski definition) is 3. The van der Waals surface area contributed by atoms with Gasteiger partial charge in [0, 0.05) is 24.4 Å². The number of amides is 1. The van der Waals surface area contributed by atoms with Gasteiger partial charge < -0.3 is 10.0 Å². The Morgan fingerprint density at radius 1 is 1.53 bits per heavy atom. The van der Waals surface area contributed by atoms with E-state index in [1.165, 1.54) is 4.90 Å². The van der Waals surface area contributed by atoms with E-state index in [0.717, 1.165) is 0 Å². The molecule has 1 saturated heterocycles. The van der Waals surface area contributed by atoms with Crippen LogP contribution in [-0.2, 0) is 4.79 Å². The van der Waals surface area contributed by atoms with Gasteiger partial charge in [0.05, 0.1) is 5.69 Å². The van der Waals surface area contributed by atoms with Crippen molar-refractivity contribution in [3.05, 3.63) is 34.7 Å². The fourth-order valence-electron chi connectivity index (χ4n) is 1.98. The predicted molar refractivity (Wildman–Crippen MR) is 62.6 cm³/mol. The number of carbonyl (C=O) groups is 1. The Balaban J connectivity index is 2.16. The molecule has 2 rings (SSSR count). The summed E-state index contributed by atoms with van der Waals surface area (Å²) in [5.41, 5.74) is 8.75. The summed E-state index contributed by atoms with van der Waals surface area (Å²) in [6.07, 6.45) is 0.355. The largest absolute Gasteiger partial charge is 0.506 e. The van der Waals surface area contributed by atoms with E-state index in [1.54, 1.807) is 24.3 Å². The second kappa shape index (κ2) is 4.76. The standard InChI is InChI=1S/C11H12N4O2/c12-14-13-6-8-5-11(17)15(7-8)9-3-1-2-4-10(9)16/h1-4,8,16H,5-7H2. The number of para-hydroxylation sites is 2. The molecule has 1 atom stereocenters. The maximum Gasteiger partial charge on any atom is 0.227 e. The zero-order chi connectivity index (χ0) is 12.3. The first-order valence-electron chi connectivity index (χ1n) is 5.31. The first-order valence-corrected chi connectivity index (χ1v) is 5.31. The third-order valence-corrected chi connectivity index (χ3v) is 2.78.